The highest BCUT2D eigenvalue weighted by molar-refractivity contribution is 7.89. The quantitative estimate of drug-likeness (QED) is 0.523. The number of ether oxygens (including phenoxy) is 1. The monoisotopic (exact) mass is 405 g/mol. The predicted octanol–water partition coefficient (Wildman–Crippen LogP) is 0.0457. The Bertz CT molecular complexity index is 795. The molecule has 1 aromatic rings. The zero-order chi connectivity index (χ0) is 19.9. The van der Waals surface area contributed by atoms with Crippen LogP contribution >= 0.6 is 11.6 Å². The number of esters is 1. The molecule has 0 saturated heterocycles. The number of sulfonamides is 1. The summed E-state index contributed by atoms with van der Waals surface area (Å²) in [7, 11) is -2.65. The molecule has 0 atom stereocenters. The number of nitrogens with one attached hydrogen (secondary N) is 3. The van der Waals surface area contributed by atoms with Crippen LogP contribution in [0.1, 0.15) is 24.2 Å². The number of hydrogen-bond donors (Lipinski definition) is 3. The van der Waals surface area contributed by atoms with Crippen LogP contribution in [0, 0.1) is 0 Å². The summed E-state index contributed by atoms with van der Waals surface area (Å²) in [5.74, 6) is -1.95. The molecule has 144 valence electrons. The SMILES string of the molecule is CNS(=O)(=O)c1cc(C(=O)OCC(=O)NCC(=O)NC(C)C)ccc1Cl. The molecule has 0 unspecified atom stereocenters. The maximum Gasteiger partial charge on any atom is 0.338 e. The number of hydrogen-bond acceptors (Lipinski definition) is 6. The topological polar surface area (TPSA) is 131 Å². The van der Waals surface area contributed by atoms with Crippen molar-refractivity contribution >= 4 is 39.4 Å². The number of benzene rings is 1. The van der Waals surface area contributed by atoms with Crippen molar-refractivity contribution in [2.24, 2.45) is 0 Å². The molecule has 0 aliphatic rings. The number of carbonyl (C=O) groups excluding carboxylic acids is 3. The predicted molar refractivity (Wildman–Crippen MR) is 94.3 cm³/mol. The fraction of sp³-hybridized carbons (Fsp3) is 0.400. The van der Waals surface area contributed by atoms with Crippen LogP contribution in [0.15, 0.2) is 23.1 Å². The average molecular weight is 406 g/mol. The first-order valence-electron chi connectivity index (χ1n) is 7.53. The third-order valence-corrected chi connectivity index (χ3v) is 4.85. The first-order chi connectivity index (χ1) is 12.1. The van der Waals surface area contributed by atoms with Gasteiger partial charge in [-0.1, -0.05) is 11.6 Å². The summed E-state index contributed by atoms with van der Waals surface area (Å²) in [4.78, 5) is 34.7. The molecule has 3 N–H and O–H groups in total. The molecule has 1 rings (SSSR count). The lowest BCUT2D eigenvalue weighted by Crippen LogP contribution is -2.41. The number of carbonyl (C=O) groups is 3. The largest absolute Gasteiger partial charge is 0.452 e. The molecule has 0 heterocycles. The minimum absolute atomic E-state index is 0.0646. The van der Waals surface area contributed by atoms with Crippen LogP contribution in [0.2, 0.25) is 5.02 Å². The summed E-state index contributed by atoms with van der Waals surface area (Å²) in [5.41, 5.74) is -0.0893. The molecule has 0 aromatic heterocycles. The van der Waals surface area contributed by atoms with Crippen molar-refractivity contribution in [3.8, 4) is 0 Å². The second-order valence-corrected chi connectivity index (χ2v) is 7.69. The van der Waals surface area contributed by atoms with Crippen LogP contribution in [0.25, 0.3) is 0 Å². The standard InChI is InChI=1S/C15H20ClN3O6S/c1-9(2)19-13(20)7-18-14(21)8-25-15(22)10-4-5-11(16)12(6-10)26(23,24)17-3/h4-6,9,17H,7-8H2,1-3H3,(H,18,21)(H,19,20). The van der Waals surface area contributed by atoms with Gasteiger partial charge in [-0.3, -0.25) is 9.59 Å². The van der Waals surface area contributed by atoms with E-state index < -0.39 is 28.5 Å². The first-order valence-corrected chi connectivity index (χ1v) is 9.39. The van der Waals surface area contributed by atoms with Gasteiger partial charge >= 0.3 is 5.97 Å². The molecule has 26 heavy (non-hydrogen) atoms. The minimum Gasteiger partial charge on any atom is -0.452 e. The van der Waals surface area contributed by atoms with E-state index in [1.54, 1.807) is 13.8 Å². The third-order valence-electron chi connectivity index (χ3n) is 2.96. The number of halogens is 1. The Hall–Kier alpha value is -2.17. The van der Waals surface area contributed by atoms with Crippen molar-refractivity contribution in [1.29, 1.82) is 0 Å². The van der Waals surface area contributed by atoms with Crippen molar-refractivity contribution in [1.82, 2.24) is 15.4 Å². The Balaban J connectivity index is 2.65. The van der Waals surface area contributed by atoms with Crippen molar-refractivity contribution in [3.63, 3.8) is 0 Å². The highest BCUT2D eigenvalue weighted by Gasteiger charge is 2.19. The Morgan fingerprint density at radius 1 is 1.19 bits per heavy atom. The van der Waals surface area contributed by atoms with Crippen LogP contribution in [-0.2, 0) is 24.3 Å². The molecule has 0 saturated carbocycles. The third kappa shape index (κ3) is 6.62. The summed E-state index contributed by atoms with van der Waals surface area (Å²) >= 11 is 5.83. The Morgan fingerprint density at radius 3 is 2.42 bits per heavy atom. The first kappa shape index (κ1) is 21.9. The molecular weight excluding hydrogens is 386 g/mol. The van der Waals surface area contributed by atoms with Gasteiger partial charge in [0.1, 0.15) is 4.90 Å². The lowest BCUT2D eigenvalue weighted by atomic mass is 10.2. The molecule has 0 radical (unpaired) electrons. The highest BCUT2D eigenvalue weighted by Crippen LogP contribution is 2.22. The normalized spacial score (nSPS) is 11.1. The molecule has 2 amide bonds. The van der Waals surface area contributed by atoms with E-state index in [1.807, 2.05) is 0 Å². The van der Waals surface area contributed by atoms with Crippen LogP contribution in [0.4, 0.5) is 0 Å². The fourth-order valence-electron chi connectivity index (χ4n) is 1.76. The molecule has 11 heteroatoms. The molecule has 0 fully saturated rings. The molecule has 9 nitrogen and oxygen atoms in total. The van der Waals surface area contributed by atoms with Gasteiger partial charge in [-0.25, -0.2) is 17.9 Å². The lowest BCUT2D eigenvalue weighted by Gasteiger charge is -2.10. The minimum atomic E-state index is -3.86. The van der Waals surface area contributed by atoms with Gasteiger partial charge in [0.25, 0.3) is 5.91 Å². The van der Waals surface area contributed by atoms with E-state index in [0.717, 1.165) is 6.07 Å². The van der Waals surface area contributed by atoms with Crippen molar-refractivity contribution in [2.45, 2.75) is 24.8 Å². The molecular formula is C15H20ClN3O6S. The van der Waals surface area contributed by atoms with E-state index >= 15 is 0 Å². The number of rotatable bonds is 8. The van der Waals surface area contributed by atoms with E-state index in [0.29, 0.717) is 0 Å². The van der Waals surface area contributed by atoms with Gasteiger partial charge in [0, 0.05) is 6.04 Å². The summed E-state index contributed by atoms with van der Waals surface area (Å²) in [5, 5.41) is 4.81. The van der Waals surface area contributed by atoms with Crippen LogP contribution < -0.4 is 15.4 Å². The smallest absolute Gasteiger partial charge is 0.338 e. The Morgan fingerprint density at radius 2 is 1.85 bits per heavy atom. The van der Waals surface area contributed by atoms with Gasteiger partial charge in [-0.15, -0.1) is 0 Å². The summed E-state index contributed by atoms with van der Waals surface area (Å²) < 4.78 is 30.6. The summed E-state index contributed by atoms with van der Waals surface area (Å²) in [6, 6.07) is 3.49. The van der Waals surface area contributed by atoms with Crippen molar-refractivity contribution in [2.75, 3.05) is 20.2 Å². The maximum atomic E-state index is 12.0. The molecule has 0 aliphatic heterocycles. The van der Waals surface area contributed by atoms with E-state index in [2.05, 4.69) is 15.4 Å². The van der Waals surface area contributed by atoms with Crippen LogP contribution in [0.3, 0.4) is 0 Å². The lowest BCUT2D eigenvalue weighted by molar-refractivity contribution is -0.128. The Kier molecular flexibility index (Phi) is 8.00. The van der Waals surface area contributed by atoms with Gasteiger partial charge in [-0.05, 0) is 39.1 Å². The highest BCUT2D eigenvalue weighted by atomic mass is 35.5. The summed E-state index contributed by atoms with van der Waals surface area (Å²) in [6.45, 7) is 2.68. The van der Waals surface area contributed by atoms with E-state index in [1.165, 1.54) is 19.2 Å². The van der Waals surface area contributed by atoms with Crippen molar-refractivity contribution in [3.05, 3.63) is 28.8 Å². The maximum absolute atomic E-state index is 12.0. The van der Waals surface area contributed by atoms with Gasteiger partial charge in [0.15, 0.2) is 6.61 Å². The van der Waals surface area contributed by atoms with E-state index in [4.69, 9.17) is 16.3 Å². The second kappa shape index (κ2) is 9.51. The number of amides is 2. The van der Waals surface area contributed by atoms with Crippen LogP contribution in [-0.4, -0.2) is 52.4 Å². The van der Waals surface area contributed by atoms with E-state index in [-0.39, 0.29) is 34.0 Å². The van der Waals surface area contributed by atoms with Gasteiger partial charge in [0.2, 0.25) is 15.9 Å². The van der Waals surface area contributed by atoms with E-state index in [9.17, 15) is 22.8 Å². The fourth-order valence-corrected chi connectivity index (χ4v) is 3.01. The molecule has 1 aromatic carbocycles. The Labute approximate surface area is 156 Å². The molecule has 0 spiro atoms. The molecule has 0 aliphatic carbocycles. The average Bonchev–Trinajstić information content (AvgIpc) is 2.57. The van der Waals surface area contributed by atoms with Crippen molar-refractivity contribution < 1.29 is 27.5 Å². The van der Waals surface area contributed by atoms with Gasteiger partial charge in [-0.2, -0.15) is 0 Å². The molecule has 0 bridgehead atoms. The zero-order valence-electron chi connectivity index (χ0n) is 14.5. The zero-order valence-corrected chi connectivity index (χ0v) is 16.0. The van der Waals surface area contributed by atoms with Gasteiger partial charge in [0.05, 0.1) is 17.1 Å². The van der Waals surface area contributed by atoms with Gasteiger partial charge < -0.3 is 15.4 Å². The summed E-state index contributed by atoms with van der Waals surface area (Å²) in [6.07, 6.45) is 0. The van der Waals surface area contributed by atoms with Crippen LogP contribution in [0.5, 0.6) is 0 Å². The second-order valence-electron chi connectivity index (χ2n) is 5.43.